The second kappa shape index (κ2) is 7.81. The highest BCUT2D eigenvalue weighted by atomic mass is 16.5. The maximum absolute atomic E-state index is 6.01. The van der Waals surface area contributed by atoms with E-state index in [1.54, 1.807) is 0 Å². The average molecular weight is 290 g/mol. The Morgan fingerprint density at radius 2 is 1.57 bits per heavy atom. The highest BCUT2D eigenvalue weighted by Crippen LogP contribution is 2.22. The first-order valence-electron chi connectivity index (χ1n) is 8.20. The lowest BCUT2D eigenvalue weighted by atomic mass is 10.1. The van der Waals surface area contributed by atoms with Gasteiger partial charge in [0.05, 0.1) is 0 Å². The molecule has 1 aliphatic heterocycles. The number of para-hydroxylation sites is 1. The third-order valence-corrected chi connectivity index (χ3v) is 4.15. The van der Waals surface area contributed by atoms with Crippen molar-refractivity contribution in [3.8, 4) is 5.75 Å². The highest BCUT2D eigenvalue weighted by Gasteiger charge is 2.17. The van der Waals surface area contributed by atoms with E-state index in [1.165, 1.54) is 43.9 Å². The zero-order valence-electron chi connectivity index (χ0n) is 14.1. The molecule has 3 heteroatoms. The molecule has 1 aromatic rings. The van der Waals surface area contributed by atoms with Crippen molar-refractivity contribution < 1.29 is 4.74 Å². The van der Waals surface area contributed by atoms with Crippen molar-refractivity contribution >= 4 is 0 Å². The van der Waals surface area contributed by atoms with Crippen LogP contribution >= 0.6 is 0 Å². The molecule has 0 aliphatic carbocycles. The topological polar surface area (TPSA) is 15.7 Å². The summed E-state index contributed by atoms with van der Waals surface area (Å²) >= 11 is 0. The van der Waals surface area contributed by atoms with Gasteiger partial charge in [0.15, 0.2) is 0 Å². The summed E-state index contributed by atoms with van der Waals surface area (Å²) in [4.78, 5) is 5.10. The minimum Gasteiger partial charge on any atom is -0.492 e. The van der Waals surface area contributed by atoms with Crippen LogP contribution in [0.15, 0.2) is 18.2 Å². The summed E-state index contributed by atoms with van der Waals surface area (Å²) in [5.74, 6) is 1.83. The van der Waals surface area contributed by atoms with Gasteiger partial charge in [-0.1, -0.05) is 32.0 Å². The second-order valence-electron chi connectivity index (χ2n) is 6.61. The molecule has 0 atom stereocenters. The Morgan fingerprint density at radius 1 is 1.00 bits per heavy atom. The lowest BCUT2D eigenvalue weighted by molar-refractivity contribution is 0.109. The number of hydrogen-bond donors (Lipinski definition) is 0. The van der Waals surface area contributed by atoms with E-state index in [9.17, 15) is 0 Å². The van der Waals surface area contributed by atoms with E-state index in [1.807, 2.05) is 0 Å². The number of rotatable bonds is 6. The van der Waals surface area contributed by atoms with Crippen LogP contribution in [0.1, 0.15) is 25.0 Å². The smallest absolute Gasteiger partial charge is 0.125 e. The number of piperazine rings is 1. The fraction of sp³-hybridized carbons (Fsp3) is 0.667. The molecule has 0 spiro atoms. The quantitative estimate of drug-likeness (QED) is 0.801. The van der Waals surface area contributed by atoms with Gasteiger partial charge < -0.3 is 9.64 Å². The van der Waals surface area contributed by atoms with Crippen molar-refractivity contribution in [2.75, 3.05) is 45.9 Å². The first-order valence-corrected chi connectivity index (χ1v) is 8.20. The Balaban J connectivity index is 1.71. The van der Waals surface area contributed by atoms with Gasteiger partial charge >= 0.3 is 0 Å². The molecule has 0 saturated carbocycles. The Kier molecular flexibility index (Phi) is 6.07. The van der Waals surface area contributed by atoms with E-state index in [4.69, 9.17) is 4.74 Å². The van der Waals surface area contributed by atoms with Crippen LogP contribution in [0.2, 0.25) is 0 Å². The maximum Gasteiger partial charge on any atom is 0.125 e. The fourth-order valence-corrected chi connectivity index (χ4v) is 3.02. The Hall–Kier alpha value is -1.06. The molecule has 0 unspecified atom stereocenters. The van der Waals surface area contributed by atoms with E-state index in [0.717, 1.165) is 24.8 Å². The number of aryl methyl sites for hydroxylation is 2. The lowest BCUT2D eigenvalue weighted by Crippen LogP contribution is -2.48. The van der Waals surface area contributed by atoms with Crippen molar-refractivity contribution in [3.63, 3.8) is 0 Å². The predicted octanol–water partition coefficient (Wildman–Crippen LogP) is 2.96. The summed E-state index contributed by atoms with van der Waals surface area (Å²) in [5.41, 5.74) is 2.47. The Bertz CT molecular complexity index is 417. The first kappa shape index (κ1) is 16.3. The summed E-state index contributed by atoms with van der Waals surface area (Å²) in [7, 11) is 0. The van der Waals surface area contributed by atoms with Crippen molar-refractivity contribution in [1.29, 1.82) is 0 Å². The van der Waals surface area contributed by atoms with Gasteiger partial charge in [0.2, 0.25) is 0 Å². The number of benzene rings is 1. The van der Waals surface area contributed by atoms with Crippen LogP contribution in [0.5, 0.6) is 5.75 Å². The van der Waals surface area contributed by atoms with Crippen molar-refractivity contribution in [1.82, 2.24) is 9.80 Å². The normalized spacial score (nSPS) is 17.4. The molecule has 118 valence electrons. The predicted molar refractivity (Wildman–Crippen MR) is 89.1 cm³/mol. The standard InChI is InChI=1S/C18H30N2O/c1-15(2)14-20-10-8-19(9-11-20)12-13-21-18-16(3)6-5-7-17(18)4/h5-7,15H,8-14H2,1-4H3. The molecule has 0 N–H and O–H groups in total. The van der Waals surface area contributed by atoms with E-state index >= 15 is 0 Å². The van der Waals surface area contributed by atoms with E-state index < -0.39 is 0 Å². The summed E-state index contributed by atoms with van der Waals surface area (Å²) in [6.45, 7) is 16.6. The Morgan fingerprint density at radius 3 is 2.14 bits per heavy atom. The molecule has 1 heterocycles. The highest BCUT2D eigenvalue weighted by molar-refractivity contribution is 5.39. The van der Waals surface area contributed by atoms with Gasteiger partial charge in [-0.05, 0) is 30.9 Å². The van der Waals surface area contributed by atoms with Crippen molar-refractivity contribution in [3.05, 3.63) is 29.3 Å². The average Bonchev–Trinajstić information content (AvgIpc) is 2.43. The van der Waals surface area contributed by atoms with Crippen LogP contribution < -0.4 is 4.74 Å². The summed E-state index contributed by atoms with van der Waals surface area (Å²) in [6.07, 6.45) is 0. The van der Waals surface area contributed by atoms with Crippen LogP contribution in [0.25, 0.3) is 0 Å². The molecule has 1 fully saturated rings. The number of ether oxygens (including phenoxy) is 1. The number of nitrogens with zero attached hydrogens (tertiary/aromatic N) is 2. The molecular formula is C18H30N2O. The monoisotopic (exact) mass is 290 g/mol. The zero-order chi connectivity index (χ0) is 15.2. The molecule has 1 aromatic carbocycles. The van der Waals surface area contributed by atoms with Crippen LogP contribution in [-0.4, -0.2) is 55.7 Å². The van der Waals surface area contributed by atoms with Crippen LogP contribution in [0.4, 0.5) is 0 Å². The van der Waals surface area contributed by atoms with E-state index in [2.05, 4.69) is 55.7 Å². The van der Waals surface area contributed by atoms with Gasteiger partial charge in [-0.2, -0.15) is 0 Å². The molecule has 1 aliphatic rings. The van der Waals surface area contributed by atoms with Gasteiger partial charge in [-0.25, -0.2) is 0 Å². The Labute approximate surface area is 129 Å². The summed E-state index contributed by atoms with van der Waals surface area (Å²) in [5, 5.41) is 0. The third kappa shape index (κ3) is 5.01. The first-order chi connectivity index (χ1) is 10.1. The largest absolute Gasteiger partial charge is 0.492 e. The molecule has 0 bridgehead atoms. The van der Waals surface area contributed by atoms with Gasteiger partial charge in [0, 0.05) is 39.3 Å². The third-order valence-electron chi connectivity index (χ3n) is 4.15. The molecule has 0 aromatic heterocycles. The minimum absolute atomic E-state index is 0.768. The number of hydrogen-bond acceptors (Lipinski definition) is 3. The van der Waals surface area contributed by atoms with Crippen molar-refractivity contribution in [2.24, 2.45) is 5.92 Å². The molecule has 0 radical (unpaired) electrons. The van der Waals surface area contributed by atoms with Crippen LogP contribution in [0.3, 0.4) is 0 Å². The van der Waals surface area contributed by atoms with Gasteiger partial charge in [0.1, 0.15) is 12.4 Å². The van der Waals surface area contributed by atoms with Crippen molar-refractivity contribution in [2.45, 2.75) is 27.7 Å². The second-order valence-corrected chi connectivity index (χ2v) is 6.61. The van der Waals surface area contributed by atoms with E-state index in [0.29, 0.717) is 0 Å². The van der Waals surface area contributed by atoms with Gasteiger partial charge in [-0.15, -0.1) is 0 Å². The molecule has 1 saturated heterocycles. The molecule has 3 nitrogen and oxygen atoms in total. The van der Waals surface area contributed by atoms with Gasteiger partial charge in [-0.3, -0.25) is 4.90 Å². The molecule has 21 heavy (non-hydrogen) atoms. The SMILES string of the molecule is Cc1cccc(C)c1OCCN1CCN(CC(C)C)CC1. The zero-order valence-corrected chi connectivity index (χ0v) is 14.1. The van der Waals surface area contributed by atoms with Crippen LogP contribution in [0, 0.1) is 19.8 Å². The summed E-state index contributed by atoms with van der Waals surface area (Å²) < 4.78 is 6.01. The maximum atomic E-state index is 6.01. The van der Waals surface area contributed by atoms with Gasteiger partial charge in [0.25, 0.3) is 0 Å². The van der Waals surface area contributed by atoms with Crippen LogP contribution in [-0.2, 0) is 0 Å². The molecular weight excluding hydrogens is 260 g/mol. The molecule has 0 amide bonds. The minimum atomic E-state index is 0.768. The van der Waals surface area contributed by atoms with E-state index in [-0.39, 0.29) is 0 Å². The molecule has 2 rings (SSSR count). The lowest BCUT2D eigenvalue weighted by Gasteiger charge is -2.35. The summed E-state index contributed by atoms with van der Waals surface area (Å²) in [6, 6.07) is 6.32. The fourth-order valence-electron chi connectivity index (χ4n) is 3.02.